The van der Waals surface area contributed by atoms with Crippen LogP contribution in [0.2, 0.25) is 0 Å². The number of phenols is 1. The molecule has 0 aromatic heterocycles. The van der Waals surface area contributed by atoms with Crippen LogP contribution in [0.4, 0.5) is 5.69 Å². The molecule has 2 rings (SSSR count). The molecule has 2 aromatic rings. The number of nitro groups is 1. The van der Waals surface area contributed by atoms with E-state index in [0.717, 1.165) is 16.7 Å². The number of aryl methyl sites for hydroxylation is 2. The molecule has 0 radical (unpaired) electrons. The van der Waals surface area contributed by atoms with Crippen LogP contribution >= 0.6 is 0 Å². The van der Waals surface area contributed by atoms with Crippen LogP contribution in [0.1, 0.15) is 22.3 Å². The van der Waals surface area contributed by atoms with E-state index in [2.05, 4.69) is 6.07 Å². The first-order chi connectivity index (χ1) is 10.4. The van der Waals surface area contributed by atoms with Crippen molar-refractivity contribution in [2.24, 2.45) is 0 Å². The molecular weight excluding hydrogens is 280 g/mol. The molecular formula is C17H14N2O3. The maximum Gasteiger partial charge on any atom is 0.269 e. The quantitative estimate of drug-likeness (QED) is 0.401. The van der Waals surface area contributed by atoms with Crippen molar-refractivity contribution >= 4 is 17.3 Å². The fourth-order valence-electron chi connectivity index (χ4n) is 2.18. The Morgan fingerprint density at radius 3 is 2.23 bits per heavy atom. The fourth-order valence-corrected chi connectivity index (χ4v) is 2.18. The monoisotopic (exact) mass is 294 g/mol. The highest BCUT2D eigenvalue weighted by Crippen LogP contribution is 2.26. The van der Waals surface area contributed by atoms with Crippen molar-refractivity contribution < 1.29 is 10.0 Å². The van der Waals surface area contributed by atoms with Crippen LogP contribution < -0.4 is 0 Å². The zero-order chi connectivity index (χ0) is 16.3. The molecule has 0 amide bonds. The van der Waals surface area contributed by atoms with Gasteiger partial charge in [0.2, 0.25) is 0 Å². The molecule has 0 aliphatic rings. The second-order valence-corrected chi connectivity index (χ2v) is 4.98. The van der Waals surface area contributed by atoms with E-state index in [0.29, 0.717) is 11.1 Å². The molecule has 22 heavy (non-hydrogen) atoms. The van der Waals surface area contributed by atoms with E-state index in [9.17, 15) is 20.5 Å². The van der Waals surface area contributed by atoms with Crippen molar-refractivity contribution in [1.29, 1.82) is 5.26 Å². The number of nitrogens with zero attached hydrogens (tertiary/aromatic N) is 2. The van der Waals surface area contributed by atoms with E-state index in [1.807, 2.05) is 0 Å². The Balaban J connectivity index is 2.44. The Hall–Kier alpha value is -3.13. The minimum atomic E-state index is -0.480. The van der Waals surface area contributed by atoms with Crippen LogP contribution in [-0.2, 0) is 0 Å². The predicted octanol–water partition coefficient (Wildman–Crippen LogP) is 3.98. The summed E-state index contributed by atoms with van der Waals surface area (Å²) in [5.41, 5.74) is 3.25. The third-order valence-electron chi connectivity index (χ3n) is 3.33. The summed E-state index contributed by atoms with van der Waals surface area (Å²) < 4.78 is 0. The number of benzene rings is 2. The summed E-state index contributed by atoms with van der Waals surface area (Å²) in [5, 5.41) is 29.7. The van der Waals surface area contributed by atoms with Gasteiger partial charge in [-0.05, 0) is 66.4 Å². The first-order valence-corrected chi connectivity index (χ1v) is 6.59. The number of nitriles is 1. The second-order valence-electron chi connectivity index (χ2n) is 4.98. The summed E-state index contributed by atoms with van der Waals surface area (Å²) in [6, 6.07) is 11.5. The Bertz CT molecular complexity index is 777. The van der Waals surface area contributed by atoms with Gasteiger partial charge in [0.05, 0.1) is 16.6 Å². The lowest BCUT2D eigenvalue weighted by Gasteiger charge is -2.06. The van der Waals surface area contributed by atoms with Gasteiger partial charge >= 0.3 is 0 Å². The van der Waals surface area contributed by atoms with Gasteiger partial charge in [-0.2, -0.15) is 5.26 Å². The number of rotatable bonds is 3. The summed E-state index contributed by atoms with van der Waals surface area (Å²) in [4.78, 5) is 10.2. The Morgan fingerprint density at radius 1 is 1.23 bits per heavy atom. The van der Waals surface area contributed by atoms with Crippen LogP contribution in [0.15, 0.2) is 36.4 Å². The van der Waals surface area contributed by atoms with Gasteiger partial charge in [0.1, 0.15) is 5.75 Å². The van der Waals surface area contributed by atoms with Crippen LogP contribution in [0, 0.1) is 35.3 Å². The molecule has 5 heteroatoms. The number of phenolic OH excluding ortho intramolecular Hbond substituents is 1. The lowest BCUT2D eigenvalue weighted by molar-refractivity contribution is -0.384. The molecule has 0 aliphatic heterocycles. The number of hydrogen-bond acceptors (Lipinski definition) is 4. The molecule has 5 nitrogen and oxygen atoms in total. The third-order valence-corrected chi connectivity index (χ3v) is 3.33. The van der Waals surface area contributed by atoms with Crippen molar-refractivity contribution in [2.75, 3.05) is 0 Å². The van der Waals surface area contributed by atoms with Gasteiger partial charge in [0, 0.05) is 12.1 Å². The van der Waals surface area contributed by atoms with Gasteiger partial charge in [-0.25, -0.2) is 0 Å². The van der Waals surface area contributed by atoms with Crippen molar-refractivity contribution in [2.45, 2.75) is 13.8 Å². The first kappa shape index (κ1) is 15.3. The average Bonchev–Trinajstić information content (AvgIpc) is 2.50. The summed E-state index contributed by atoms with van der Waals surface area (Å²) in [6.07, 6.45) is 1.70. The predicted molar refractivity (Wildman–Crippen MR) is 84.2 cm³/mol. The van der Waals surface area contributed by atoms with E-state index in [1.165, 1.54) is 12.1 Å². The van der Waals surface area contributed by atoms with E-state index in [1.54, 1.807) is 44.2 Å². The van der Waals surface area contributed by atoms with Crippen LogP contribution in [-0.4, -0.2) is 10.0 Å². The summed E-state index contributed by atoms with van der Waals surface area (Å²) in [5.74, 6) is 0.242. The van der Waals surface area contributed by atoms with Crippen LogP contribution in [0.25, 0.3) is 11.6 Å². The molecule has 0 unspecified atom stereocenters. The fraction of sp³-hybridized carbons (Fsp3) is 0.118. The molecule has 0 saturated heterocycles. The highest BCUT2D eigenvalue weighted by molar-refractivity contribution is 5.90. The van der Waals surface area contributed by atoms with Gasteiger partial charge in [-0.1, -0.05) is 0 Å². The number of hydrogen-bond donors (Lipinski definition) is 1. The maximum atomic E-state index is 10.7. The molecule has 110 valence electrons. The van der Waals surface area contributed by atoms with E-state index in [-0.39, 0.29) is 11.4 Å². The molecule has 0 atom stereocenters. The van der Waals surface area contributed by atoms with E-state index < -0.39 is 4.92 Å². The molecule has 1 N–H and O–H groups in total. The largest absolute Gasteiger partial charge is 0.507 e. The number of non-ortho nitro benzene ring substituents is 1. The first-order valence-electron chi connectivity index (χ1n) is 6.59. The summed E-state index contributed by atoms with van der Waals surface area (Å²) in [7, 11) is 0. The zero-order valence-electron chi connectivity index (χ0n) is 12.2. The summed E-state index contributed by atoms with van der Waals surface area (Å²) in [6.45, 7) is 3.58. The molecule has 0 heterocycles. The lowest BCUT2D eigenvalue weighted by Crippen LogP contribution is -1.89. The molecule has 0 spiro atoms. The van der Waals surface area contributed by atoms with Crippen molar-refractivity contribution in [3.63, 3.8) is 0 Å². The standard InChI is InChI=1S/C17H14N2O3/c1-11-7-13(8-12(2)17(11)20)9-15(10-18)14-3-5-16(6-4-14)19(21)22/h3-9,20H,1-2H3/b15-9+. The third kappa shape index (κ3) is 3.13. The maximum absolute atomic E-state index is 10.7. The molecule has 0 fully saturated rings. The minimum absolute atomic E-state index is 0.0163. The highest BCUT2D eigenvalue weighted by atomic mass is 16.6. The molecule has 0 bridgehead atoms. The smallest absolute Gasteiger partial charge is 0.269 e. The summed E-state index contributed by atoms with van der Waals surface area (Å²) >= 11 is 0. The van der Waals surface area contributed by atoms with E-state index in [4.69, 9.17) is 0 Å². The lowest BCUT2D eigenvalue weighted by atomic mass is 10.0. The van der Waals surface area contributed by atoms with Gasteiger partial charge < -0.3 is 5.11 Å². The van der Waals surface area contributed by atoms with Gasteiger partial charge in [0.25, 0.3) is 5.69 Å². The number of nitro benzene ring substituents is 1. The van der Waals surface area contributed by atoms with Gasteiger partial charge in [-0.3, -0.25) is 10.1 Å². The van der Waals surface area contributed by atoms with Crippen molar-refractivity contribution in [3.05, 3.63) is 68.8 Å². The second kappa shape index (κ2) is 6.10. The normalized spacial score (nSPS) is 11.0. The van der Waals surface area contributed by atoms with Crippen LogP contribution in [0.5, 0.6) is 5.75 Å². The van der Waals surface area contributed by atoms with Gasteiger partial charge in [0.15, 0.2) is 0 Å². The zero-order valence-corrected chi connectivity index (χ0v) is 12.2. The molecule has 0 saturated carbocycles. The Labute approximate surface area is 127 Å². The highest BCUT2D eigenvalue weighted by Gasteiger charge is 2.08. The SMILES string of the molecule is Cc1cc(/C=C(\C#N)c2ccc([N+](=O)[O-])cc2)cc(C)c1O. The number of allylic oxidation sites excluding steroid dienone is 1. The average molecular weight is 294 g/mol. The minimum Gasteiger partial charge on any atom is -0.507 e. The van der Waals surface area contributed by atoms with Gasteiger partial charge in [-0.15, -0.1) is 0 Å². The van der Waals surface area contributed by atoms with Crippen molar-refractivity contribution in [3.8, 4) is 11.8 Å². The molecule has 2 aromatic carbocycles. The van der Waals surface area contributed by atoms with Crippen molar-refractivity contribution in [1.82, 2.24) is 0 Å². The van der Waals surface area contributed by atoms with E-state index >= 15 is 0 Å². The molecule has 0 aliphatic carbocycles. The van der Waals surface area contributed by atoms with Crippen LogP contribution in [0.3, 0.4) is 0 Å². The number of aromatic hydroxyl groups is 1. The Morgan fingerprint density at radius 2 is 1.77 bits per heavy atom. The topological polar surface area (TPSA) is 87.2 Å². The Kier molecular flexibility index (Phi) is 4.23.